The summed E-state index contributed by atoms with van der Waals surface area (Å²) in [5.41, 5.74) is -1.26. The van der Waals surface area contributed by atoms with Crippen molar-refractivity contribution in [3.63, 3.8) is 0 Å². The summed E-state index contributed by atoms with van der Waals surface area (Å²) in [7, 11) is 0. The molecule has 7 heteroatoms. The van der Waals surface area contributed by atoms with Crippen LogP contribution in [0.15, 0.2) is 12.1 Å². The highest BCUT2D eigenvalue weighted by atomic mass is 19.4. The second-order valence-corrected chi connectivity index (χ2v) is 5.10. The number of carboxylic acid groups (broad SMARTS) is 1. The van der Waals surface area contributed by atoms with Crippen LogP contribution in [0.25, 0.3) is 0 Å². The van der Waals surface area contributed by atoms with Crippen LogP contribution in [0.1, 0.15) is 42.2 Å². The molecule has 0 amide bonds. The molecule has 110 valence electrons. The number of pyridine rings is 1. The van der Waals surface area contributed by atoms with Crippen LogP contribution in [0.2, 0.25) is 0 Å². The van der Waals surface area contributed by atoms with Crippen molar-refractivity contribution in [3.8, 4) is 0 Å². The lowest BCUT2D eigenvalue weighted by Crippen LogP contribution is -2.19. The van der Waals surface area contributed by atoms with Crippen molar-refractivity contribution < 1.29 is 23.1 Å². The van der Waals surface area contributed by atoms with E-state index in [1.807, 2.05) is 6.92 Å². The zero-order valence-electron chi connectivity index (χ0n) is 10.9. The fourth-order valence-corrected chi connectivity index (χ4v) is 2.03. The number of alkyl halides is 3. The number of aromatic nitrogens is 1. The van der Waals surface area contributed by atoms with E-state index in [2.05, 4.69) is 10.3 Å². The molecule has 1 aromatic rings. The average molecular weight is 288 g/mol. The largest absolute Gasteiger partial charge is 0.478 e. The van der Waals surface area contributed by atoms with Crippen LogP contribution >= 0.6 is 0 Å². The predicted molar refractivity (Wildman–Crippen MR) is 66.6 cm³/mol. The Morgan fingerprint density at radius 2 is 2.10 bits per heavy atom. The van der Waals surface area contributed by atoms with Crippen molar-refractivity contribution in [1.82, 2.24) is 4.98 Å². The van der Waals surface area contributed by atoms with Crippen LogP contribution in [0.4, 0.5) is 19.0 Å². The SMILES string of the molecule is CCC1(CNc2nc(C(F)(F)F)ccc2C(=O)O)CC1. The summed E-state index contributed by atoms with van der Waals surface area (Å²) >= 11 is 0. The summed E-state index contributed by atoms with van der Waals surface area (Å²) in [5.74, 6) is -1.51. The molecule has 1 aliphatic carbocycles. The molecule has 0 radical (unpaired) electrons. The Balaban J connectivity index is 2.25. The van der Waals surface area contributed by atoms with Crippen molar-refractivity contribution in [1.29, 1.82) is 0 Å². The summed E-state index contributed by atoms with van der Waals surface area (Å²) in [6, 6.07) is 1.62. The van der Waals surface area contributed by atoms with Gasteiger partial charge in [-0.2, -0.15) is 13.2 Å². The molecule has 0 saturated heterocycles. The molecule has 4 nitrogen and oxygen atoms in total. The monoisotopic (exact) mass is 288 g/mol. The number of halogens is 3. The molecule has 0 aromatic carbocycles. The number of nitrogens with one attached hydrogen (secondary N) is 1. The number of carboxylic acids is 1. The lowest BCUT2D eigenvalue weighted by atomic mass is 10.0. The van der Waals surface area contributed by atoms with Gasteiger partial charge >= 0.3 is 12.1 Å². The first-order valence-electron chi connectivity index (χ1n) is 6.33. The third-order valence-electron chi connectivity index (χ3n) is 3.75. The Morgan fingerprint density at radius 1 is 1.45 bits per heavy atom. The normalized spacial score (nSPS) is 16.8. The molecular formula is C13H15F3N2O2. The van der Waals surface area contributed by atoms with Crippen molar-refractivity contribution in [2.45, 2.75) is 32.4 Å². The zero-order chi connectivity index (χ0) is 15.0. The van der Waals surface area contributed by atoms with E-state index in [0.717, 1.165) is 25.3 Å². The minimum Gasteiger partial charge on any atom is -0.478 e. The molecule has 1 heterocycles. The molecule has 0 bridgehead atoms. The van der Waals surface area contributed by atoms with Gasteiger partial charge in [0.1, 0.15) is 17.1 Å². The van der Waals surface area contributed by atoms with Gasteiger partial charge in [0.25, 0.3) is 0 Å². The Morgan fingerprint density at radius 3 is 2.55 bits per heavy atom. The summed E-state index contributed by atoms with van der Waals surface area (Å²) in [6.07, 6.45) is -1.69. The molecule has 20 heavy (non-hydrogen) atoms. The van der Waals surface area contributed by atoms with E-state index >= 15 is 0 Å². The van der Waals surface area contributed by atoms with Crippen LogP contribution in [0.5, 0.6) is 0 Å². The molecule has 0 unspecified atom stereocenters. The third-order valence-corrected chi connectivity index (χ3v) is 3.75. The van der Waals surface area contributed by atoms with E-state index in [-0.39, 0.29) is 16.8 Å². The average Bonchev–Trinajstić information content (AvgIpc) is 3.15. The molecule has 1 aliphatic rings. The maximum absolute atomic E-state index is 12.6. The fraction of sp³-hybridized carbons (Fsp3) is 0.538. The maximum Gasteiger partial charge on any atom is 0.433 e. The van der Waals surface area contributed by atoms with Gasteiger partial charge < -0.3 is 10.4 Å². The first-order chi connectivity index (χ1) is 9.27. The zero-order valence-corrected chi connectivity index (χ0v) is 10.9. The van der Waals surface area contributed by atoms with Crippen LogP contribution in [0.3, 0.4) is 0 Å². The summed E-state index contributed by atoms with van der Waals surface area (Å²) in [6.45, 7) is 2.45. The second kappa shape index (κ2) is 4.96. The molecule has 2 N–H and O–H groups in total. The van der Waals surface area contributed by atoms with Crippen molar-refractivity contribution in [3.05, 3.63) is 23.4 Å². The van der Waals surface area contributed by atoms with Gasteiger partial charge in [0, 0.05) is 6.54 Å². The summed E-state index contributed by atoms with van der Waals surface area (Å²) < 4.78 is 37.8. The van der Waals surface area contributed by atoms with Gasteiger partial charge in [-0.25, -0.2) is 9.78 Å². The minimum absolute atomic E-state index is 0.0751. The first-order valence-corrected chi connectivity index (χ1v) is 6.33. The van der Waals surface area contributed by atoms with E-state index in [1.54, 1.807) is 0 Å². The Hall–Kier alpha value is -1.79. The van der Waals surface area contributed by atoms with E-state index in [4.69, 9.17) is 5.11 Å². The smallest absolute Gasteiger partial charge is 0.433 e. The number of carbonyl (C=O) groups is 1. The predicted octanol–water partition coefficient (Wildman–Crippen LogP) is 3.40. The Kier molecular flexibility index (Phi) is 3.62. The number of hydrogen-bond acceptors (Lipinski definition) is 3. The molecule has 2 rings (SSSR count). The fourth-order valence-electron chi connectivity index (χ4n) is 2.03. The molecule has 0 spiro atoms. The van der Waals surface area contributed by atoms with E-state index < -0.39 is 17.8 Å². The number of aromatic carboxylic acids is 1. The van der Waals surface area contributed by atoms with Crippen LogP contribution in [-0.2, 0) is 6.18 Å². The minimum atomic E-state index is -4.59. The number of anilines is 1. The molecule has 1 saturated carbocycles. The standard InChI is InChI=1S/C13H15F3N2O2/c1-2-12(5-6-12)7-17-10-8(11(19)20)3-4-9(18-10)13(14,15)16/h3-4H,2,5-7H2,1H3,(H,17,18)(H,19,20). The van der Waals surface area contributed by atoms with Crippen LogP contribution in [-0.4, -0.2) is 22.6 Å². The molecule has 0 atom stereocenters. The highest BCUT2D eigenvalue weighted by molar-refractivity contribution is 5.93. The third kappa shape index (κ3) is 3.02. The van der Waals surface area contributed by atoms with Gasteiger partial charge in [-0.15, -0.1) is 0 Å². The quantitative estimate of drug-likeness (QED) is 0.871. The summed E-state index contributed by atoms with van der Waals surface area (Å²) in [5, 5.41) is 11.8. The summed E-state index contributed by atoms with van der Waals surface area (Å²) in [4.78, 5) is 14.4. The van der Waals surface area contributed by atoms with Crippen molar-refractivity contribution >= 4 is 11.8 Å². The van der Waals surface area contributed by atoms with Gasteiger partial charge in [-0.1, -0.05) is 6.92 Å². The van der Waals surface area contributed by atoms with E-state index in [9.17, 15) is 18.0 Å². The number of nitrogens with zero attached hydrogens (tertiary/aromatic N) is 1. The van der Waals surface area contributed by atoms with Gasteiger partial charge in [0.15, 0.2) is 0 Å². The second-order valence-electron chi connectivity index (χ2n) is 5.10. The van der Waals surface area contributed by atoms with Gasteiger partial charge in [0.2, 0.25) is 0 Å². The van der Waals surface area contributed by atoms with Crippen LogP contribution in [0, 0.1) is 5.41 Å². The number of rotatable bonds is 5. The molecule has 1 fully saturated rings. The highest BCUT2D eigenvalue weighted by Gasteiger charge is 2.41. The van der Waals surface area contributed by atoms with Crippen LogP contribution < -0.4 is 5.32 Å². The molecule has 0 aliphatic heterocycles. The molecular weight excluding hydrogens is 273 g/mol. The first kappa shape index (κ1) is 14.6. The topological polar surface area (TPSA) is 62.2 Å². The van der Waals surface area contributed by atoms with Crippen molar-refractivity contribution in [2.24, 2.45) is 5.41 Å². The van der Waals surface area contributed by atoms with Crippen molar-refractivity contribution in [2.75, 3.05) is 11.9 Å². The Bertz CT molecular complexity index is 525. The highest BCUT2D eigenvalue weighted by Crippen LogP contribution is 2.48. The Labute approximate surface area is 114 Å². The lowest BCUT2D eigenvalue weighted by molar-refractivity contribution is -0.141. The van der Waals surface area contributed by atoms with Gasteiger partial charge in [-0.05, 0) is 36.8 Å². The molecule has 1 aromatic heterocycles. The number of hydrogen-bond donors (Lipinski definition) is 2. The van der Waals surface area contributed by atoms with E-state index in [1.165, 1.54) is 0 Å². The maximum atomic E-state index is 12.6. The van der Waals surface area contributed by atoms with Gasteiger partial charge in [0.05, 0.1) is 0 Å². The van der Waals surface area contributed by atoms with E-state index in [0.29, 0.717) is 12.6 Å². The lowest BCUT2D eigenvalue weighted by Gasteiger charge is -2.16. The van der Waals surface area contributed by atoms with Gasteiger partial charge in [-0.3, -0.25) is 0 Å².